The van der Waals surface area contributed by atoms with Crippen LogP contribution in [0.25, 0.3) is 0 Å². The Balaban J connectivity index is 2.10. The molecule has 0 aliphatic heterocycles. The van der Waals surface area contributed by atoms with Gasteiger partial charge in [0.05, 0.1) is 25.0 Å². The fraction of sp³-hybridized carbons (Fsp3) is 0.812. The summed E-state index contributed by atoms with van der Waals surface area (Å²) in [5.41, 5.74) is 1.20. The number of ether oxygens (including phenoxy) is 1. The summed E-state index contributed by atoms with van der Waals surface area (Å²) < 4.78 is 7.46. The lowest BCUT2D eigenvalue weighted by molar-refractivity contribution is 0.289. The molecule has 1 N–H and O–H groups in total. The van der Waals surface area contributed by atoms with E-state index >= 15 is 0 Å². The van der Waals surface area contributed by atoms with Gasteiger partial charge in [-0.3, -0.25) is 4.68 Å². The minimum Gasteiger partial charge on any atom is -0.493 e. The molecule has 1 aromatic rings. The maximum Gasteiger partial charge on any atom is 0.161 e. The first kappa shape index (κ1) is 15.4. The summed E-state index contributed by atoms with van der Waals surface area (Å²) in [6.07, 6.45) is 11.2. The van der Waals surface area contributed by atoms with Gasteiger partial charge < -0.3 is 10.1 Å². The van der Waals surface area contributed by atoms with Crippen molar-refractivity contribution in [2.75, 3.05) is 13.7 Å². The second-order valence-electron chi connectivity index (χ2n) is 5.97. The lowest BCUT2D eigenvalue weighted by Gasteiger charge is -2.27. The Bertz CT molecular complexity index is 396. The van der Waals surface area contributed by atoms with Crippen molar-refractivity contribution >= 4 is 0 Å². The number of nitrogens with one attached hydrogen (secondary N) is 1. The van der Waals surface area contributed by atoms with Gasteiger partial charge in [0.1, 0.15) is 0 Å². The normalized spacial score (nSPS) is 18.1. The van der Waals surface area contributed by atoms with Crippen LogP contribution < -0.4 is 10.1 Å². The Hall–Kier alpha value is -1.03. The van der Waals surface area contributed by atoms with Crippen LogP contribution >= 0.6 is 0 Å². The molecule has 1 aromatic heterocycles. The topological polar surface area (TPSA) is 39.1 Å². The number of methoxy groups -OCH3 is 1. The third-order valence-electron chi connectivity index (χ3n) is 4.43. The van der Waals surface area contributed by atoms with Crippen LogP contribution in [0.15, 0.2) is 6.20 Å². The van der Waals surface area contributed by atoms with Gasteiger partial charge in [0.25, 0.3) is 0 Å². The van der Waals surface area contributed by atoms with E-state index in [0.717, 1.165) is 24.6 Å². The molecule has 4 nitrogen and oxygen atoms in total. The lowest BCUT2D eigenvalue weighted by atomic mass is 9.84. The van der Waals surface area contributed by atoms with Gasteiger partial charge in [0, 0.05) is 7.05 Å². The molecule has 0 radical (unpaired) electrons. The molecule has 1 aliphatic carbocycles. The first-order valence-electron chi connectivity index (χ1n) is 8.05. The molecule has 114 valence electrons. The smallest absolute Gasteiger partial charge is 0.161 e. The van der Waals surface area contributed by atoms with E-state index in [4.69, 9.17) is 4.74 Å². The second-order valence-corrected chi connectivity index (χ2v) is 5.97. The molecular weight excluding hydrogens is 250 g/mol. The Kier molecular flexibility index (Phi) is 5.89. The van der Waals surface area contributed by atoms with Crippen molar-refractivity contribution in [1.82, 2.24) is 15.1 Å². The van der Waals surface area contributed by atoms with Crippen LogP contribution in [0.3, 0.4) is 0 Å². The second kappa shape index (κ2) is 7.67. The van der Waals surface area contributed by atoms with Crippen LogP contribution in [0.4, 0.5) is 0 Å². The van der Waals surface area contributed by atoms with E-state index in [1.807, 2.05) is 17.9 Å². The zero-order chi connectivity index (χ0) is 14.4. The maximum atomic E-state index is 5.49. The largest absolute Gasteiger partial charge is 0.493 e. The van der Waals surface area contributed by atoms with E-state index in [1.54, 1.807) is 7.11 Å². The summed E-state index contributed by atoms with van der Waals surface area (Å²) in [7, 11) is 3.75. The molecular formula is C16H29N3O. The van der Waals surface area contributed by atoms with Crippen molar-refractivity contribution in [2.45, 2.75) is 57.9 Å². The van der Waals surface area contributed by atoms with Gasteiger partial charge in [-0.25, -0.2) is 0 Å². The van der Waals surface area contributed by atoms with Crippen LogP contribution in [0.2, 0.25) is 0 Å². The van der Waals surface area contributed by atoms with Crippen LogP contribution in [0.1, 0.15) is 63.6 Å². The van der Waals surface area contributed by atoms with E-state index in [9.17, 15) is 0 Å². The Morgan fingerprint density at radius 1 is 1.40 bits per heavy atom. The average Bonchev–Trinajstić information content (AvgIpc) is 2.85. The third kappa shape index (κ3) is 3.75. The molecule has 1 unspecified atom stereocenters. The lowest BCUT2D eigenvalue weighted by Crippen LogP contribution is -2.27. The Morgan fingerprint density at radius 3 is 2.80 bits per heavy atom. The summed E-state index contributed by atoms with van der Waals surface area (Å²) in [5.74, 6) is 1.76. The molecule has 1 heterocycles. The molecule has 2 rings (SSSR count). The molecule has 0 spiro atoms. The van der Waals surface area contributed by atoms with E-state index in [0.29, 0.717) is 6.04 Å². The van der Waals surface area contributed by atoms with Crippen LogP contribution in [-0.2, 0) is 7.05 Å². The maximum absolute atomic E-state index is 5.49. The van der Waals surface area contributed by atoms with Crippen molar-refractivity contribution in [3.63, 3.8) is 0 Å². The quantitative estimate of drug-likeness (QED) is 0.831. The minimum absolute atomic E-state index is 0.362. The highest BCUT2D eigenvalue weighted by Gasteiger charge is 2.24. The standard InChI is InChI=1S/C16H29N3O/c1-4-10-17-14(11-13-8-6-5-7-9-13)16-15(20-3)12-18-19(16)2/h12-14,17H,4-11H2,1-3H3. The van der Waals surface area contributed by atoms with Gasteiger partial charge >= 0.3 is 0 Å². The van der Waals surface area contributed by atoms with Crippen LogP contribution in [0.5, 0.6) is 5.75 Å². The number of nitrogens with zero attached hydrogens (tertiary/aromatic N) is 2. The predicted octanol–water partition coefficient (Wildman–Crippen LogP) is 3.44. The van der Waals surface area contributed by atoms with Crippen LogP contribution in [-0.4, -0.2) is 23.4 Å². The summed E-state index contributed by atoms with van der Waals surface area (Å²) in [6, 6.07) is 0.362. The van der Waals surface area contributed by atoms with Gasteiger partial charge in [-0.15, -0.1) is 0 Å². The van der Waals surface area contributed by atoms with E-state index in [2.05, 4.69) is 17.3 Å². The highest BCUT2D eigenvalue weighted by molar-refractivity contribution is 5.28. The van der Waals surface area contributed by atoms with Gasteiger partial charge in [-0.05, 0) is 25.3 Å². The molecule has 4 heteroatoms. The summed E-state index contributed by atoms with van der Waals surface area (Å²) in [4.78, 5) is 0. The van der Waals surface area contributed by atoms with E-state index in [1.165, 1.54) is 44.2 Å². The molecule has 1 fully saturated rings. The van der Waals surface area contributed by atoms with Crippen molar-refractivity contribution in [1.29, 1.82) is 0 Å². The summed E-state index contributed by atoms with van der Waals surface area (Å²) >= 11 is 0. The number of hydrogen-bond acceptors (Lipinski definition) is 3. The molecule has 1 saturated carbocycles. The monoisotopic (exact) mass is 279 g/mol. The minimum atomic E-state index is 0.362. The van der Waals surface area contributed by atoms with Crippen molar-refractivity contribution < 1.29 is 4.74 Å². The molecule has 0 amide bonds. The van der Waals surface area contributed by atoms with E-state index < -0.39 is 0 Å². The van der Waals surface area contributed by atoms with Crippen molar-refractivity contribution in [2.24, 2.45) is 13.0 Å². The van der Waals surface area contributed by atoms with E-state index in [-0.39, 0.29) is 0 Å². The Labute approximate surface area is 122 Å². The zero-order valence-electron chi connectivity index (χ0n) is 13.2. The fourth-order valence-corrected chi connectivity index (χ4v) is 3.35. The first-order chi connectivity index (χ1) is 9.76. The zero-order valence-corrected chi connectivity index (χ0v) is 13.2. The third-order valence-corrected chi connectivity index (χ3v) is 4.43. The van der Waals surface area contributed by atoms with Gasteiger partial charge in [0.15, 0.2) is 5.75 Å². The molecule has 0 aromatic carbocycles. The van der Waals surface area contributed by atoms with Gasteiger partial charge in [-0.1, -0.05) is 39.0 Å². The number of aryl methyl sites for hydroxylation is 1. The molecule has 1 atom stereocenters. The molecule has 0 bridgehead atoms. The van der Waals surface area contributed by atoms with Gasteiger partial charge in [0.2, 0.25) is 0 Å². The van der Waals surface area contributed by atoms with Crippen molar-refractivity contribution in [3.8, 4) is 5.75 Å². The SMILES string of the molecule is CCCNC(CC1CCCCC1)c1c(OC)cnn1C. The number of hydrogen-bond donors (Lipinski definition) is 1. The first-order valence-corrected chi connectivity index (χ1v) is 8.05. The van der Waals surface area contributed by atoms with Crippen LogP contribution in [0, 0.1) is 5.92 Å². The Morgan fingerprint density at radius 2 is 2.15 bits per heavy atom. The van der Waals surface area contributed by atoms with Crippen molar-refractivity contribution in [3.05, 3.63) is 11.9 Å². The van der Waals surface area contributed by atoms with Gasteiger partial charge in [-0.2, -0.15) is 5.10 Å². The molecule has 1 aliphatic rings. The molecule has 20 heavy (non-hydrogen) atoms. The highest BCUT2D eigenvalue weighted by atomic mass is 16.5. The number of rotatable bonds is 7. The average molecular weight is 279 g/mol. The molecule has 0 saturated heterocycles. The summed E-state index contributed by atoms with van der Waals surface area (Å²) in [5, 5.41) is 8.05. The fourth-order valence-electron chi connectivity index (χ4n) is 3.35. The number of aromatic nitrogens is 2. The highest BCUT2D eigenvalue weighted by Crippen LogP contribution is 2.34. The predicted molar refractivity (Wildman–Crippen MR) is 82.0 cm³/mol. The summed E-state index contributed by atoms with van der Waals surface area (Å²) in [6.45, 7) is 3.26.